The highest BCUT2D eigenvalue weighted by Crippen LogP contribution is 2.42. The van der Waals surface area contributed by atoms with Gasteiger partial charge in [-0.15, -0.1) is 0 Å². The summed E-state index contributed by atoms with van der Waals surface area (Å²) in [6.07, 6.45) is -3.86. The molecule has 1 aliphatic rings. The number of nitrogens with two attached hydrogens (primary N) is 1. The maximum atomic E-state index is 14.0. The van der Waals surface area contributed by atoms with Crippen LogP contribution in [0.25, 0.3) is 10.9 Å². The maximum Gasteiger partial charge on any atom is 0.418 e. The monoisotopic (exact) mass is 423 g/mol. The van der Waals surface area contributed by atoms with Crippen molar-refractivity contribution >= 4 is 21.1 Å². The van der Waals surface area contributed by atoms with E-state index < -0.39 is 21.9 Å². The van der Waals surface area contributed by atoms with Gasteiger partial charge in [0.2, 0.25) is 0 Å². The third-order valence-corrected chi connectivity index (χ3v) is 6.36. The Hall–Kier alpha value is -2.36. The molecule has 0 aliphatic carbocycles. The van der Waals surface area contributed by atoms with Crippen molar-refractivity contribution in [2.75, 3.05) is 6.54 Å². The van der Waals surface area contributed by atoms with Gasteiger partial charge < -0.3 is 4.57 Å². The highest BCUT2D eigenvalue weighted by molar-refractivity contribution is 7.86. The van der Waals surface area contributed by atoms with E-state index >= 15 is 0 Å². The number of aryl methyl sites for hydroxylation is 1. The molecular formula is C20H20F3N3O2S. The first kappa shape index (κ1) is 19.9. The predicted molar refractivity (Wildman–Crippen MR) is 104 cm³/mol. The molecule has 0 bridgehead atoms. The van der Waals surface area contributed by atoms with E-state index in [1.807, 2.05) is 30.3 Å². The molecule has 4 rings (SSSR count). The van der Waals surface area contributed by atoms with Crippen molar-refractivity contribution < 1.29 is 21.6 Å². The normalized spacial score (nSPS) is 15.6. The van der Waals surface area contributed by atoms with Crippen molar-refractivity contribution in [1.29, 1.82) is 0 Å². The second-order valence-corrected chi connectivity index (χ2v) is 8.69. The minimum atomic E-state index is -4.51. The number of para-hydroxylation sites is 1. The lowest BCUT2D eigenvalue weighted by Crippen LogP contribution is -2.37. The molecular weight excluding hydrogens is 403 g/mol. The van der Waals surface area contributed by atoms with Crippen LogP contribution in [-0.4, -0.2) is 23.8 Å². The van der Waals surface area contributed by atoms with E-state index in [2.05, 4.69) is 0 Å². The van der Waals surface area contributed by atoms with Crippen molar-refractivity contribution in [2.24, 2.45) is 5.14 Å². The van der Waals surface area contributed by atoms with Crippen LogP contribution >= 0.6 is 0 Å². The Kier molecular flexibility index (Phi) is 4.92. The number of aromatic nitrogens is 1. The number of hydrogen-bond acceptors (Lipinski definition) is 2. The first-order valence-corrected chi connectivity index (χ1v) is 10.7. The van der Waals surface area contributed by atoms with Crippen LogP contribution in [0.4, 0.5) is 13.2 Å². The number of alkyl halides is 3. The van der Waals surface area contributed by atoms with Gasteiger partial charge in [-0.1, -0.05) is 48.5 Å². The molecule has 154 valence electrons. The van der Waals surface area contributed by atoms with Crippen LogP contribution in [0.2, 0.25) is 0 Å². The molecule has 0 amide bonds. The van der Waals surface area contributed by atoms with Crippen LogP contribution < -0.4 is 5.14 Å². The molecule has 0 spiro atoms. The number of hydrogen-bond donors (Lipinski definition) is 1. The van der Waals surface area contributed by atoms with Gasteiger partial charge in [-0.2, -0.15) is 25.9 Å². The molecule has 2 N–H and O–H groups in total. The fraction of sp³-hybridized carbons (Fsp3) is 0.300. The number of halogens is 3. The Morgan fingerprint density at radius 3 is 2.34 bits per heavy atom. The predicted octanol–water partition coefficient (Wildman–Crippen LogP) is 3.46. The molecule has 2 aromatic carbocycles. The number of benzene rings is 2. The molecule has 29 heavy (non-hydrogen) atoms. The molecule has 0 unspecified atom stereocenters. The standard InChI is InChI=1S/C20H20F3N3O2S/c21-20(22,23)18-16-8-4-7-15-13-25(29(24,27)28)11-12-26(19(15)16)17(18)10-9-14-5-2-1-3-6-14/h1-8H,9-13H2,(H2,24,27,28). The van der Waals surface area contributed by atoms with Crippen LogP contribution in [0.15, 0.2) is 48.5 Å². The summed E-state index contributed by atoms with van der Waals surface area (Å²) < 4.78 is 68.6. The van der Waals surface area contributed by atoms with Gasteiger partial charge in [-0.25, -0.2) is 5.14 Å². The third kappa shape index (κ3) is 3.77. The first-order valence-electron chi connectivity index (χ1n) is 9.18. The van der Waals surface area contributed by atoms with Crippen LogP contribution in [-0.2, 0) is 42.3 Å². The Morgan fingerprint density at radius 2 is 1.69 bits per heavy atom. The van der Waals surface area contributed by atoms with Gasteiger partial charge in [0.05, 0.1) is 11.1 Å². The summed E-state index contributed by atoms with van der Waals surface area (Å²) in [5.74, 6) is 0. The van der Waals surface area contributed by atoms with Crippen molar-refractivity contribution in [1.82, 2.24) is 8.87 Å². The van der Waals surface area contributed by atoms with E-state index in [1.165, 1.54) is 12.1 Å². The molecule has 5 nitrogen and oxygen atoms in total. The minimum absolute atomic E-state index is 0.0208. The quantitative estimate of drug-likeness (QED) is 0.698. The topological polar surface area (TPSA) is 68.3 Å². The molecule has 0 atom stereocenters. The fourth-order valence-corrected chi connectivity index (χ4v) is 4.75. The summed E-state index contributed by atoms with van der Waals surface area (Å²) in [5.41, 5.74) is 1.45. The van der Waals surface area contributed by atoms with Gasteiger partial charge in [0.25, 0.3) is 10.2 Å². The van der Waals surface area contributed by atoms with Crippen molar-refractivity contribution in [2.45, 2.75) is 32.1 Å². The molecule has 2 heterocycles. The van der Waals surface area contributed by atoms with Crippen LogP contribution in [0.5, 0.6) is 0 Å². The molecule has 3 aromatic rings. The summed E-state index contributed by atoms with van der Waals surface area (Å²) in [7, 11) is -3.95. The van der Waals surface area contributed by atoms with Gasteiger partial charge in [-0.3, -0.25) is 0 Å². The number of rotatable bonds is 4. The zero-order valence-corrected chi connectivity index (χ0v) is 16.3. The summed E-state index contributed by atoms with van der Waals surface area (Å²) in [6.45, 7) is 0.0900. The zero-order valence-electron chi connectivity index (χ0n) is 15.5. The average Bonchev–Trinajstić information content (AvgIpc) is 2.83. The van der Waals surface area contributed by atoms with E-state index in [4.69, 9.17) is 5.14 Å². The Labute approximate surface area is 166 Å². The number of nitrogens with zero attached hydrogens (tertiary/aromatic N) is 2. The van der Waals surface area contributed by atoms with Crippen LogP contribution in [0.1, 0.15) is 22.4 Å². The molecule has 0 saturated heterocycles. The maximum absolute atomic E-state index is 14.0. The van der Waals surface area contributed by atoms with Gasteiger partial charge in [0.15, 0.2) is 0 Å². The second-order valence-electron chi connectivity index (χ2n) is 7.15. The van der Waals surface area contributed by atoms with Gasteiger partial charge in [-0.05, 0) is 24.0 Å². The summed E-state index contributed by atoms with van der Waals surface area (Å²) in [4.78, 5) is 0. The van der Waals surface area contributed by atoms with E-state index in [0.717, 1.165) is 9.87 Å². The Balaban J connectivity index is 1.87. The average molecular weight is 423 g/mol. The van der Waals surface area contributed by atoms with E-state index in [0.29, 0.717) is 17.5 Å². The van der Waals surface area contributed by atoms with Gasteiger partial charge >= 0.3 is 6.18 Å². The summed E-state index contributed by atoms with van der Waals surface area (Å²) in [6, 6.07) is 14.0. The third-order valence-electron chi connectivity index (χ3n) is 5.33. The van der Waals surface area contributed by atoms with Crippen molar-refractivity contribution in [3.8, 4) is 0 Å². The van der Waals surface area contributed by atoms with Gasteiger partial charge in [0.1, 0.15) is 0 Å². The largest absolute Gasteiger partial charge is 0.418 e. The highest BCUT2D eigenvalue weighted by atomic mass is 32.2. The lowest BCUT2D eigenvalue weighted by molar-refractivity contribution is -0.137. The first-order chi connectivity index (χ1) is 13.7. The second kappa shape index (κ2) is 7.16. The van der Waals surface area contributed by atoms with Gasteiger partial charge in [0, 0.05) is 30.7 Å². The Morgan fingerprint density at radius 1 is 0.966 bits per heavy atom. The van der Waals surface area contributed by atoms with Crippen LogP contribution in [0, 0.1) is 0 Å². The zero-order chi connectivity index (χ0) is 20.8. The molecule has 0 radical (unpaired) electrons. The van der Waals surface area contributed by atoms with E-state index in [-0.39, 0.29) is 37.1 Å². The van der Waals surface area contributed by atoms with E-state index in [9.17, 15) is 21.6 Å². The smallest absolute Gasteiger partial charge is 0.342 e. The van der Waals surface area contributed by atoms with Crippen molar-refractivity contribution in [3.05, 3.63) is 70.9 Å². The van der Waals surface area contributed by atoms with Crippen molar-refractivity contribution in [3.63, 3.8) is 0 Å². The lowest BCUT2D eigenvalue weighted by atomic mass is 10.0. The lowest BCUT2D eigenvalue weighted by Gasteiger charge is -2.18. The van der Waals surface area contributed by atoms with E-state index in [1.54, 1.807) is 10.6 Å². The molecule has 0 fully saturated rings. The minimum Gasteiger partial charge on any atom is -0.342 e. The fourth-order valence-electron chi connectivity index (χ4n) is 4.09. The molecule has 0 saturated carbocycles. The highest BCUT2D eigenvalue weighted by Gasteiger charge is 2.39. The molecule has 9 heteroatoms. The SMILES string of the molecule is NS(=O)(=O)N1CCn2c(CCc3ccccc3)c(C(F)(F)F)c3cccc(c32)C1. The molecule has 1 aliphatic heterocycles. The molecule has 1 aromatic heterocycles. The summed E-state index contributed by atoms with van der Waals surface area (Å²) in [5, 5.41) is 5.40. The Bertz CT molecular complexity index is 1160. The summed E-state index contributed by atoms with van der Waals surface area (Å²) >= 11 is 0. The van der Waals surface area contributed by atoms with Crippen LogP contribution in [0.3, 0.4) is 0 Å².